The lowest BCUT2D eigenvalue weighted by Gasteiger charge is -2.40. The Bertz CT molecular complexity index is 527. The topological polar surface area (TPSA) is 55.8 Å². The lowest BCUT2D eigenvalue weighted by molar-refractivity contribution is -0.0333. The van der Waals surface area contributed by atoms with Crippen LogP contribution >= 0.6 is 0 Å². The summed E-state index contributed by atoms with van der Waals surface area (Å²) in [4.78, 5) is 16.0. The van der Waals surface area contributed by atoms with Gasteiger partial charge in [0.25, 0.3) is 0 Å². The molecular weight excluding hydrogens is 278 g/mol. The second-order valence-corrected chi connectivity index (χ2v) is 6.24. The first-order valence-electron chi connectivity index (χ1n) is 7.57. The molecular formula is C17H25N3O2. The third-order valence-electron chi connectivity index (χ3n) is 3.85. The average molecular weight is 303 g/mol. The molecule has 0 unspecified atom stereocenters. The zero-order valence-electron chi connectivity index (χ0n) is 13.4. The Morgan fingerprint density at radius 3 is 2.73 bits per heavy atom. The van der Waals surface area contributed by atoms with E-state index in [1.54, 1.807) is 11.0 Å². The van der Waals surface area contributed by atoms with E-state index in [4.69, 9.17) is 0 Å². The number of rotatable bonds is 4. The molecule has 5 nitrogen and oxygen atoms in total. The standard InChI is InChI=1S/C17H25N3O2/c1-4-14-6-8-15(9-7-14)18-16(21)20-11-5-10-17(22,13-20)12-19(2)3/h4,6-9,22H,1,5,10-13H2,2-3H3,(H,18,21)/t17-/m0/s1. The van der Waals surface area contributed by atoms with Crippen LogP contribution in [0.4, 0.5) is 10.5 Å². The van der Waals surface area contributed by atoms with Gasteiger partial charge in [-0.25, -0.2) is 4.79 Å². The van der Waals surface area contributed by atoms with Crippen molar-refractivity contribution >= 4 is 17.8 Å². The number of hydrogen-bond donors (Lipinski definition) is 2. The van der Waals surface area contributed by atoms with E-state index in [1.807, 2.05) is 43.3 Å². The van der Waals surface area contributed by atoms with Gasteiger partial charge in [0, 0.05) is 18.8 Å². The molecule has 1 fully saturated rings. The maximum atomic E-state index is 12.4. The highest BCUT2D eigenvalue weighted by Gasteiger charge is 2.35. The molecule has 120 valence electrons. The quantitative estimate of drug-likeness (QED) is 0.897. The SMILES string of the molecule is C=Cc1ccc(NC(=O)N2CCC[C@](O)(CN(C)C)C2)cc1. The van der Waals surface area contributed by atoms with Gasteiger partial charge in [0.05, 0.1) is 12.1 Å². The molecule has 5 heteroatoms. The summed E-state index contributed by atoms with van der Waals surface area (Å²) < 4.78 is 0. The summed E-state index contributed by atoms with van der Waals surface area (Å²) in [5, 5.41) is 13.5. The lowest BCUT2D eigenvalue weighted by atomic mass is 9.92. The molecule has 1 saturated heterocycles. The largest absolute Gasteiger partial charge is 0.387 e. The molecule has 2 amide bonds. The molecule has 1 aliphatic heterocycles. The van der Waals surface area contributed by atoms with E-state index in [-0.39, 0.29) is 6.03 Å². The number of hydrogen-bond acceptors (Lipinski definition) is 3. The predicted octanol–water partition coefficient (Wildman–Crippen LogP) is 2.25. The number of carbonyl (C=O) groups is 1. The first kappa shape index (κ1) is 16.5. The number of likely N-dealkylation sites (tertiary alicyclic amines) is 1. The van der Waals surface area contributed by atoms with Gasteiger partial charge >= 0.3 is 6.03 Å². The number of nitrogens with zero attached hydrogens (tertiary/aromatic N) is 2. The second kappa shape index (κ2) is 6.94. The van der Waals surface area contributed by atoms with Crippen molar-refractivity contribution in [1.29, 1.82) is 0 Å². The van der Waals surface area contributed by atoms with Crippen LogP contribution in [0.2, 0.25) is 0 Å². The van der Waals surface area contributed by atoms with Crippen LogP contribution in [-0.2, 0) is 0 Å². The van der Waals surface area contributed by atoms with Crippen molar-refractivity contribution in [1.82, 2.24) is 9.80 Å². The van der Waals surface area contributed by atoms with Crippen LogP contribution in [0.15, 0.2) is 30.8 Å². The average Bonchev–Trinajstić information content (AvgIpc) is 2.46. The summed E-state index contributed by atoms with van der Waals surface area (Å²) in [5.74, 6) is 0. The number of anilines is 1. The van der Waals surface area contributed by atoms with Crippen LogP contribution < -0.4 is 5.32 Å². The van der Waals surface area contributed by atoms with E-state index in [9.17, 15) is 9.90 Å². The molecule has 1 atom stereocenters. The lowest BCUT2D eigenvalue weighted by Crippen LogP contribution is -2.55. The van der Waals surface area contributed by atoms with Crippen LogP contribution in [0, 0.1) is 0 Å². The summed E-state index contributed by atoms with van der Waals surface area (Å²) in [5.41, 5.74) is 0.930. The predicted molar refractivity (Wildman–Crippen MR) is 89.9 cm³/mol. The minimum absolute atomic E-state index is 0.164. The van der Waals surface area contributed by atoms with Crippen LogP contribution in [0.5, 0.6) is 0 Å². The molecule has 1 aromatic rings. The molecule has 1 aromatic carbocycles. The Morgan fingerprint density at radius 1 is 1.45 bits per heavy atom. The smallest absolute Gasteiger partial charge is 0.321 e. The van der Waals surface area contributed by atoms with Gasteiger partial charge in [0.2, 0.25) is 0 Å². The maximum absolute atomic E-state index is 12.4. The molecule has 0 aliphatic carbocycles. The number of amides is 2. The number of β-amino-alcohol motifs (C(OH)–C–C–N with tert-alkyl or cyclic N) is 1. The second-order valence-electron chi connectivity index (χ2n) is 6.24. The van der Waals surface area contributed by atoms with E-state index in [1.165, 1.54) is 0 Å². The first-order chi connectivity index (χ1) is 10.4. The van der Waals surface area contributed by atoms with Crippen molar-refractivity contribution in [2.24, 2.45) is 0 Å². The Labute approximate surface area is 132 Å². The Kier molecular flexibility index (Phi) is 5.21. The first-order valence-corrected chi connectivity index (χ1v) is 7.57. The highest BCUT2D eigenvalue weighted by molar-refractivity contribution is 5.89. The molecule has 0 radical (unpaired) electrons. The fourth-order valence-electron chi connectivity index (χ4n) is 2.91. The van der Waals surface area contributed by atoms with Gasteiger partial charge in [-0.05, 0) is 44.6 Å². The van der Waals surface area contributed by atoms with Crippen molar-refractivity contribution in [3.63, 3.8) is 0 Å². The van der Waals surface area contributed by atoms with Crippen LogP contribution in [-0.4, -0.2) is 60.3 Å². The number of aliphatic hydroxyl groups is 1. The van der Waals surface area contributed by atoms with Gasteiger partial charge < -0.3 is 20.2 Å². The Hall–Kier alpha value is -1.85. The summed E-state index contributed by atoms with van der Waals surface area (Å²) in [6.45, 7) is 5.30. The Morgan fingerprint density at radius 2 is 2.14 bits per heavy atom. The van der Waals surface area contributed by atoms with Crippen molar-refractivity contribution in [2.45, 2.75) is 18.4 Å². The minimum Gasteiger partial charge on any atom is -0.387 e. The van der Waals surface area contributed by atoms with E-state index < -0.39 is 5.60 Å². The van der Waals surface area contributed by atoms with Gasteiger partial charge in [0.15, 0.2) is 0 Å². The van der Waals surface area contributed by atoms with Crippen molar-refractivity contribution in [2.75, 3.05) is 39.0 Å². The number of likely N-dealkylation sites (N-methyl/N-ethyl adjacent to an activating group) is 1. The molecule has 0 aromatic heterocycles. The normalized spacial score (nSPS) is 21.7. The molecule has 22 heavy (non-hydrogen) atoms. The molecule has 0 bridgehead atoms. The monoisotopic (exact) mass is 303 g/mol. The van der Waals surface area contributed by atoms with Gasteiger partial charge in [-0.15, -0.1) is 0 Å². The highest BCUT2D eigenvalue weighted by atomic mass is 16.3. The van der Waals surface area contributed by atoms with E-state index in [2.05, 4.69) is 11.9 Å². The summed E-state index contributed by atoms with van der Waals surface area (Å²) >= 11 is 0. The minimum atomic E-state index is -0.828. The molecule has 2 rings (SSSR count). The van der Waals surface area contributed by atoms with E-state index in [0.29, 0.717) is 19.6 Å². The number of nitrogens with one attached hydrogen (secondary N) is 1. The number of carbonyl (C=O) groups excluding carboxylic acids is 1. The summed E-state index contributed by atoms with van der Waals surface area (Å²) in [7, 11) is 3.86. The zero-order chi connectivity index (χ0) is 16.2. The Balaban J connectivity index is 1.97. The fraction of sp³-hybridized carbons (Fsp3) is 0.471. The molecule has 0 spiro atoms. The number of urea groups is 1. The fourth-order valence-corrected chi connectivity index (χ4v) is 2.91. The molecule has 1 heterocycles. The molecule has 0 saturated carbocycles. The van der Waals surface area contributed by atoms with E-state index in [0.717, 1.165) is 24.1 Å². The van der Waals surface area contributed by atoms with E-state index >= 15 is 0 Å². The van der Waals surface area contributed by atoms with Crippen LogP contribution in [0.1, 0.15) is 18.4 Å². The zero-order valence-corrected chi connectivity index (χ0v) is 13.4. The van der Waals surface area contributed by atoms with Gasteiger partial charge in [0.1, 0.15) is 0 Å². The number of benzene rings is 1. The maximum Gasteiger partial charge on any atom is 0.321 e. The summed E-state index contributed by atoms with van der Waals surface area (Å²) in [6, 6.07) is 7.35. The molecule has 2 N–H and O–H groups in total. The highest BCUT2D eigenvalue weighted by Crippen LogP contribution is 2.22. The van der Waals surface area contributed by atoms with Crippen molar-refractivity contribution in [3.8, 4) is 0 Å². The van der Waals surface area contributed by atoms with Crippen LogP contribution in [0.25, 0.3) is 6.08 Å². The van der Waals surface area contributed by atoms with Crippen LogP contribution in [0.3, 0.4) is 0 Å². The van der Waals surface area contributed by atoms with Crippen molar-refractivity contribution in [3.05, 3.63) is 36.4 Å². The van der Waals surface area contributed by atoms with Gasteiger partial charge in [-0.3, -0.25) is 0 Å². The third-order valence-corrected chi connectivity index (χ3v) is 3.85. The number of piperidine rings is 1. The summed E-state index contributed by atoms with van der Waals surface area (Å²) in [6.07, 6.45) is 3.30. The molecule has 1 aliphatic rings. The third kappa shape index (κ3) is 4.32. The van der Waals surface area contributed by atoms with Crippen molar-refractivity contribution < 1.29 is 9.90 Å². The van der Waals surface area contributed by atoms with Gasteiger partial charge in [-0.2, -0.15) is 0 Å². The van der Waals surface area contributed by atoms with Gasteiger partial charge in [-0.1, -0.05) is 24.8 Å².